The zero-order valence-corrected chi connectivity index (χ0v) is 11.2. The van der Waals surface area contributed by atoms with Crippen molar-refractivity contribution in [2.45, 2.75) is 6.18 Å². The molecule has 1 aromatic carbocycles. The summed E-state index contributed by atoms with van der Waals surface area (Å²) in [7, 11) is -4.24. The van der Waals surface area contributed by atoms with E-state index in [9.17, 15) is 21.6 Å². The van der Waals surface area contributed by atoms with Crippen LogP contribution in [0.25, 0.3) is 6.08 Å². The number of benzene rings is 1. The fourth-order valence-corrected chi connectivity index (χ4v) is 2.59. The first-order valence-electron chi connectivity index (χ1n) is 5.65. The molecule has 0 unspecified atom stereocenters. The second-order valence-corrected chi connectivity index (χ2v) is 5.75. The third-order valence-electron chi connectivity index (χ3n) is 2.30. The molecule has 112 valence electrons. The van der Waals surface area contributed by atoms with Crippen LogP contribution in [0.3, 0.4) is 0 Å². The summed E-state index contributed by atoms with van der Waals surface area (Å²) in [6.45, 7) is -2.93. The molecule has 0 aliphatic heterocycles. The third-order valence-corrected chi connectivity index (χ3v) is 3.81. The molecular formula is C12H14F3NO3S. The molecule has 0 aliphatic carbocycles. The van der Waals surface area contributed by atoms with E-state index >= 15 is 0 Å². The molecule has 0 amide bonds. The molecule has 20 heavy (non-hydrogen) atoms. The van der Waals surface area contributed by atoms with Crippen LogP contribution < -0.4 is 0 Å². The second kappa shape index (κ2) is 6.87. The van der Waals surface area contributed by atoms with Crippen LogP contribution in [-0.2, 0) is 10.0 Å². The van der Waals surface area contributed by atoms with E-state index in [0.29, 0.717) is 11.0 Å². The van der Waals surface area contributed by atoms with E-state index in [2.05, 4.69) is 0 Å². The smallest absolute Gasteiger partial charge is 0.395 e. The maximum absolute atomic E-state index is 12.3. The lowest BCUT2D eigenvalue weighted by atomic mass is 10.2. The maximum atomic E-state index is 12.3. The minimum atomic E-state index is -4.66. The van der Waals surface area contributed by atoms with Crippen molar-refractivity contribution in [1.82, 2.24) is 4.31 Å². The predicted molar refractivity (Wildman–Crippen MR) is 69.1 cm³/mol. The first kappa shape index (κ1) is 16.7. The Bertz CT molecular complexity index is 541. The topological polar surface area (TPSA) is 57.6 Å². The number of sulfonamides is 1. The summed E-state index contributed by atoms with van der Waals surface area (Å²) in [5, 5.41) is 9.38. The quantitative estimate of drug-likeness (QED) is 0.872. The number of aliphatic hydroxyl groups is 1. The molecule has 0 fully saturated rings. The van der Waals surface area contributed by atoms with Crippen LogP contribution in [0, 0.1) is 0 Å². The van der Waals surface area contributed by atoms with Crippen molar-refractivity contribution in [3.63, 3.8) is 0 Å². The number of halogens is 3. The highest BCUT2D eigenvalue weighted by Gasteiger charge is 2.35. The van der Waals surface area contributed by atoms with Gasteiger partial charge in [0.25, 0.3) is 0 Å². The van der Waals surface area contributed by atoms with Crippen molar-refractivity contribution >= 4 is 16.1 Å². The number of rotatable bonds is 6. The first-order chi connectivity index (χ1) is 9.24. The Labute approximate surface area is 115 Å². The van der Waals surface area contributed by atoms with Crippen molar-refractivity contribution in [2.75, 3.05) is 19.7 Å². The van der Waals surface area contributed by atoms with Crippen molar-refractivity contribution in [3.05, 3.63) is 41.3 Å². The Morgan fingerprint density at radius 2 is 1.80 bits per heavy atom. The van der Waals surface area contributed by atoms with Crippen LogP contribution in [-0.4, -0.2) is 43.7 Å². The van der Waals surface area contributed by atoms with Crippen molar-refractivity contribution in [3.8, 4) is 0 Å². The molecule has 0 aromatic heterocycles. The average molecular weight is 309 g/mol. The van der Waals surface area contributed by atoms with E-state index < -0.39 is 35.9 Å². The molecule has 1 rings (SSSR count). The fourth-order valence-electron chi connectivity index (χ4n) is 1.42. The Morgan fingerprint density at radius 1 is 1.20 bits per heavy atom. The highest BCUT2D eigenvalue weighted by molar-refractivity contribution is 7.92. The van der Waals surface area contributed by atoms with Gasteiger partial charge < -0.3 is 5.11 Å². The molecule has 0 heterocycles. The summed E-state index contributed by atoms with van der Waals surface area (Å²) in [6.07, 6.45) is -3.46. The average Bonchev–Trinajstić information content (AvgIpc) is 2.36. The van der Waals surface area contributed by atoms with Gasteiger partial charge in [0.05, 0.1) is 6.61 Å². The molecule has 0 saturated carbocycles. The van der Waals surface area contributed by atoms with Gasteiger partial charge in [-0.2, -0.15) is 17.5 Å². The van der Waals surface area contributed by atoms with E-state index in [0.717, 1.165) is 0 Å². The normalized spacial score (nSPS) is 13.2. The lowest BCUT2D eigenvalue weighted by Gasteiger charge is -2.20. The summed E-state index contributed by atoms with van der Waals surface area (Å²) in [4.78, 5) is 0. The molecular weight excluding hydrogens is 295 g/mol. The zero-order chi connectivity index (χ0) is 15.2. The van der Waals surface area contributed by atoms with E-state index in [1.165, 1.54) is 6.08 Å². The Kier molecular flexibility index (Phi) is 5.73. The molecule has 0 spiro atoms. The Balaban J connectivity index is 2.91. The van der Waals surface area contributed by atoms with E-state index in [4.69, 9.17) is 5.11 Å². The molecule has 0 radical (unpaired) electrons. The standard InChI is InChI=1S/C12H14F3NO3S/c13-12(14,15)10-16(7-8-17)20(18,19)9-6-11-4-2-1-3-5-11/h1-6,9,17H,7-8,10H2/b9-6+. The molecule has 0 atom stereocenters. The minimum Gasteiger partial charge on any atom is -0.395 e. The number of hydrogen-bond donors (Lipinski definition) is 1. The monoisotopic (exact) mass is 309 g/mol. The van der Waals surface area contributed by atoms with Crippen LogP contribution >= 0.6 is 0 Å². The SMILES string of the molecule is O=S(=O)(/C=C/c1ccccc1)N(CCO)CC(F)(F)F. The third kappa shape index (κ3) is 5.72. The minimum absolute atomic E-state index is 0.187. The molecule has 8 heteroatoms. The molecule has 4 nitrogen and oxygen atoms in total. The number of alkyl halides is 3. The summed E-state index contributed by atoms with van der Waals surface area (Å²) in [6, 6.07) is 8.31. The van der Waals surface area contributed by atoms with Gasteiger partial charge >= 0.3 is 6.18 Å². The molecule has 1 N–H and O–H groups in total. The van der Waals surface area contributed by atoms with E-state index in [-0.39, 0.29) is 4.31 Å². The van der Waals surface area contributed by atoms with Gasteiger partial charge in [0.15, 0.2) is 0 Å². The fraction of sp³-hybridized carbons (Fsp3) is 0.333. The maximum Gasteiger partial charge on any atom is 0.402 e. The molecule has 0 bridgehead atoms. The predicted octanol–water partition coefficient (Wildman–Crippen LogP) is 1.84. The van der Waals surface area contributed by atoms with Gasteiger partial charge in [-0.1, -0.05) is 30.3 Å². The van der Waals surface area contributed by atoms with E-state index in [1.807, 2.05) is 0 Å². The van der Waals surface area contributed by atoms with Crippen LogP contribution in [0.15, 0.2) is 35.7 Å². The summed E-state index contributed by atoms with van der Waals surface area (Å²) in [5.74, 6) is 0. The van der Waals surface area contributed by atoms with Crippen molar-refractivity contribution in [1.29, 1.82) is 0 Å². The van der Waals surface area contributed by atoms with Crippen LogP contribution in [0.4, 0.5) is 13.2 Å². The van der Waals surface area contributed by atoms with Crippen LogP contribution in [0.5, 0.6) is 0 Å². The van der Waals surface area contributed by atoms with Gasteiger partial charge in [-0.15, -0.1) is 0 Å². The van der Waals surface area contributed by atoms with Gasteiger partial charge in [-0.05, 0) is 11.6 Å². The summed E-state index contributed by atoms with van der Waals surface area (Å²) in [5.41, 5.74) is 0.548. The lowest BCUT2D eigenvalue weighted by Crippen LogP contribution is -2.39. The van der Waals surface area contributed by atoms with Gasteiger partial charge in [-0.3, -0.25) is 0 Å². The van der Waals surface area contributed by atoms with Gasteiger partial charge in [0.1, 0.15) is 6.54 Å². The Morgan fingerprint density at radius 3 is 2.30 bits per heavy atom. The van der Waals surface area contributed by atoms with Gasteiger partial charge in [0, 0.05) is 12.0 Å². The number of aliphatic hydroxyl groups excluding tert-OH is 1. The van der Waals surface area contributed by atoms with Gasteiger partial charge in [0.2, 0.25) is 10.0 Å². The molecule has 0 aliphatic rings. The number of nitrogens with zero attached hydrogens (tertiary/aromatic N) is 1. The largest absolute Gasteiger partial charge is 0.402 e. The van der Waals surface area contributed by atoms with Crippen LogP contribution in [0.2, 0.25) is 0 Å². The van der Waals surface area contributed by atoms with Crippen molar-refractivity contribution < 1.29 is 26.7 Å². The van der Waals surface area contributed by atoms with Crippen molar-refractivity contribution in [2.24, 2.45) is 0 Å². The molecule has 1 aromatic rings. The van der Waals surface area contributed by atoms with Gasteiger partial charge in [-0.25, -0.2) is 8.42 Å². The Hall–Kier alpha value is -1.38. The highest BCUT2D eigenvalue weighted by Crippen LogP contribution is 2.19. The first-order valence-corrected chi connectivity index (χ1v) is 7.16. The zero-order valence-electron chi connectivity index (χ0n) is 10.4. The second-order valence-electron chi connectivity index (χ2n) is 3.93. The molecule has 0 saturated heterocycles. The van der Waals surface area contributed by atoms with E-state index in [1.54, 1.807) is 30.3 Å². The lowest BCUT2D eigenvalue weighted by molar-refractivity contribution is -0.136. The number of hydrogen-bond acceptors (Lipinski definition) is 3. The summed E-state index contributed by atoms with van der Waals surface area (Å²) < 4.78 is 60.7. The summed E-state index contributed by atoms with van der Waals surface area (Å²) >= 11 is 0. The highest BCUT2D eigenvalue weighted by atomic mass is 32.2. The van der Waals surface area contributed by atoms with Crippen LogP contribution in [0.1, 0.15) is 5.56 Å².